The predicted octanol–water partition coefficient (Wildman–Crippen LogP) is -0.523. The fourth-order valence-corrected chi connectivity index (χ4v) is 2.67. The second kappa shape index (κ2) is 5.82. The Morgan fingerprint density at radius 3 is 2.76 bits per heavy atom. The van der Waals surface area contributed by atoms with Gasteiger partial charge in [0.2, 0.25) is 10.0 Å². The van der Waals surface area contributed by atoms with Crippen LogP contribution < -0.4 is 16.0 Å². The first-order valence-corrected chi connectivity index (χ1v) is 7.01. The molecular weight excluding hydrogens is 302 g/mol. The van der Waals surface area contributed by atoms with Crippen molar-refractivity contribution in [3.05, 3.63) is 40.5 Å². The highest BCUT2D eigenvalue weighted by Crippen LogP contribution is 2.26. The van der Waals surface area contributed by atoms with Gasteiger partial charge in [-0.25, -0.2) is 18.1 Å². The number of sulfonamides is 1. The van der Waals surface area contributed by atoms with Crippen molar-refractivity contribution in [2.75, 3.05) is 5.43 Å². The molecule has 1 aromatic heterocycles. The van der Waals surface area contributed by atoms with Crippen LogP contribution >= 0.6 is 0 Å². The minimum Gasteiger partial charge on any atom is -0.324 e. The molecular formula is C9H11N7O4S. The van der Waals surface area contributed by atoms with Gasteiger partial charge in [-0.2, -0.15) is 5.10 Å². The van der Waals surface area contributed by atoms with E-state index in [9.17, 15) is 18.5 Å². The molecule has 1 heterocycles. The fourth-order valence-electron chi connectivity index (χ4n) is 1.53. The number of H-pyrrole nitrogens is 1. The summed E-state index contributed by atoms with van der Waals surface area (Å²) in [6.07, 6.45) is 1.22. The quantitative estimate of drug-likeness (QED) is 0.313. The van der Waals surface area contributed by atoms with Crippen LogP contribution in [-0.4, -0.2) is 28.5 Å². The molecule has 0 amide bonds. The molecule has 0 aliphatic carbocycles. The maximum Gasteiger partial charge on any atom is 0.291 e. The normalized spacial score (nSPS) is 11.3. The van der Waals surface area contributed by atoms with E-state index < -0.39 is 25.5 Å². The van der Waals surface area contributed by atoms with Crippen molar-refractivity contribution in [1.82, 2.24) is 19.9 Å². The highest BCUT2D eigenvalue weighted by atomic mass is 32.2. The number of nitrogen functional groups attached to an aromatic ring is 1. The lowest BCUT2D eigenvalue weighted by Gasteiger charge is -2.07. The number of aromatic amines is 1. The first kappa shape index (κ1) is 14.8. The van der Waals surface area contributed by atoms with Crippen LogP contribution in [0.15, 0.2) is 29.4 Å². The number of nitro groups is 1. The monoisotopic (exact) mass is 313 g/mol. The maximum atomic E-state index is 12.1. The van der Waals surface area contributed by atoms with Crippen LogP contribution in [0.1, 0.15) is 5.82 Å². The van der Waals surface area contributed by atoms with E-state index in [2.05, 4.69) is 25.3 Å². The standard InChI is InChI=1S/C9H11N7O4S/c10-14-6-1-2-8(7(3-6)16(17)18)21(19,20)13-4-9-11-5-12-15-9/h1-3,5,13-14H,4,10H2,(H,11,12,15). The Morgan fingerprint density at radius 2 is 2.19 bits per heavy atom. The number of benzene rings is 1. The molecule has 0 aliphatic rings. The van der Waals surface area contributed by atoms with Gasteiger partial charge in [0.15, 0.2) is 4.90 Å². The van der Waals surface area contributed by atoms with Crippen molar-refractivity contribution in [1.29, 1.82) is 0 Å². The topological polar surface area (TPSA) is 169 Å². The Hall–Kier alpha value is -2.57. The molecule has 112 valence electrons. The summed E-state index contributed by atoms with van der Waals surface area (Å²) in [6.45, 7) is -0.170. The summed E-state index contributed by atoms with van der Waals surface area (Å²) in [7, 11) is -4.09. The van der Waals surface area contributed by atoms with Crippen molar-refractivity contribution >= 4 is 21.4 Å². The van der Waals surface area contributed by atoms with Crippen molar-refractivity contribution in [2.24, 2.45) is 5.84 Å². The Kier molecular flexibility index (Phi) is 4.11. The van der Waals surface area contributed by atoms with Gasteiger partial charge in [-0.1, -0.05) is 0 Å². The van der Waals surface area contributed by atoms with Gasteiger partial charge < -0.3 is 5.43 Å². The lowest BCUT2D eigenvalue weighted by Crippen LogP contribution is -2.24. The molecule has 1 aromatic carbocycles. The smallest absolute Gasteiger partial charge is 0.291 e. The van der Waals surface area contributed by atoms with Gasteiger partial charge in [0.25, 0.3) is 5.69 Å². The van der Waals surface area contributed by atoms with E-state index in [1.54, 1.807) is 0 Å². The summed E-state index contributed by atoms with van der Waals surface area (Å²) in [5.41, 5.74) is 1.84. The second-order valence-electron chi connectivity index (χ2n) is 3.84. The number of hydrazine groups is 1. The van der Waals surface area contributed by atoms with Crippen molar-refractivity contribution in [3.63, 3.8) is 0 Å². The van der Waals surface area contributed by atoms with Crippen LogP contribution in [-0.2, 0) is 16.6 Å². The summed E-state index contributed by atoms with van der Waals surface area (Å²) in [4.78, 5) is 13.5. The summed E-state index contributed by atoms with van der Waals surface area (Å²) in [5.74, 6) is 5.42. The molecule has 0 saturated heterocycles. The average Bonchev–Trinajstić information content (AvgIpc) is 2.98. The zero-order valence-corrected chi connectivity index (χ0v) is 11.3. The first-order valence-electron chi connectivity index (χ1n) is 5.53. The summed E-state index contributed by atoms with van der Waals surface area (Å²) < 4.78 is 26.4. The number of nitrogens with two attached hydrogens (primary N) is 1. The molecule has 0 bridgehead atoms. The summed E-state index contributed by atoms with van der Waals surface area (Å²) in [5, 5.41) is 17.0. The fraction of sp³-hybridized carbons (Fsp3) is 0.111. The van der Waals surface area contributed by atoms with Crippen molar-refractivity contribution < 1.29 is 13.3 Å². The Bertz CT molecular complexity index is 743. The highest BCUT2D eigenvalue weighted by Gasteiger charge is 2.26. The van der Waals surface area contributed by atoms with E-state index in [1.807, 2.05) is 0 Å². The molecule has 11 nitrogen and oxygen atoms in total. The third-order valence-corrected chi connectivity index (χ3v) is 3.95. The number of hydrogen-bond acceptors (Lipinski definition) is 8. The zero-order chi connectivity index (χ0) is 15.5. The van der Waals surface area contributed by atoms with Crippen molar-refractivity contribution in [2.45, 2.75) is 11.4 Å². The highest BCUT2D eigenvalue weighted by molar-refractivity contribution is 7.89. The number of nitro benzene ring substituents is 1. The second-order valence-corrected chi connectivity index (χ2v) is 5.58. The van der Waals surface area contributed by atoms with Gasteiger partial charge in [0.05, 0.1) is 17.2 Å². The molecule has 0 saturated carbocycles. The van der Waals surface area contributed by atoms with Crippen LogP contribution in [0.2, 0.25) is 0 Å². The van der Waals surface area contributed by atoms with E-state index in [1.165, 1.54) is 12.4 Å². The molecule has 0 radical (unpaired) electrons. The van der Waals surface area contributed by atoms with Crippen LogP contribution in [0.25, 0.3) is 0 Å². The minimum atomic E-state index is -4.09. The molecule has 0 unspecified atom stereocenters. The van der Waals surface area contributed by atoms with E-state index >= 15 is 0 Å². The van der Waals surface area contributed by atoms with Crippen LogP contribution in [0.5, 0.6) is 0 Å². The van der Waals surface area contributed by atoms with E-state index in [-0.39, 0.29) is 18.1 Å². The average molecular weight is 313 g/mol. The van der Waals surface area contributed by atoms with Gasteiger partial charge in [0, 0.05) is 6.07 Å². The number of nitrogens with one attached hydrogen (secondary N) is 3. The first-order chi connectivity index (χ1) is 9.94. The third kappa shape index (κ3) is 3.31. The van der Waals surface area contributed by atoms with Gasteiger partial charge >= 0.3 is 0 Å². The molecule has 5 N–H and O–H groups in total. The van der Waals surface area contributed by atoms with E-state index in [0.29, 0.717) is 0 Å². The van der Waals surface area contributed by atoms with E-state index in [4.69, 9.17) is 5.84 Å². The molecule has 2 rings (SSSR count). The summed E-state index contributed by atoms with van der Waals surface area (Å²) >= 11 is 0. The van der Waals surface area contributed by atoms with Crippen LogP contribution in [0.3, 0.4) is 0 Å². The van der Waals surface area contributed by atoms with E-state index in [0.717, 1.165) is 12.1 Å². The zero-order valence-electron chi connectivity index (χ0n) is 10.5. The molecule has 12 heteroatoms. The lowest BCUT2D eigenvalue weighted by molar-refractivity contribution is -0.387. The number of hydrogen-bond donors (Lipinski definition) is 4. The van der Waals surface area contributed by atoms with Crippen LogP contribution in [0, 0.1) is 10.1 Å². The number of nitrogens with zero attached hydrogens (tertiary/aromatic N) is 3. The maximum absolute atomic E-state index is 12.1. The van der Waals surface area contributed by atoms with Crippen molar-refractivity contribution in [3.8, 4) is 0 Å². The third-order valence-electron chi connectivity index (χ3n) is 2.51. The predicted molar refractivity (Wildman–Crippen MR) is 71.3 cm³/mol. The minimum absolute atomic E-state index is 0.170. The SMILES string of the molecule is NNc1ccc(S(=O)(=O)NCc2ncn[nH]2)c([N+](=O)[O-])c1. The Balaban J connectivity index is 2.32. The molecule has 0 spiro atoms. The Labute approximate surface area is 118 Å². The molecule has 21 heavy (non-hydrogen) atoms. The number of aromatic nitrogens is 3. The lowest BCUT2D eigenvalue weighted by atomic mass is 10.3. The molecule has 2 aromatic rings. The molecule has 0 atom stereocenters. The van der Waals surface area contributed by atoms with Gasteiger partial charge in [0.1, 0.15) is 12.2 Å². The molecule has 0 fully saturated rings. The largest absolute Gasteiger partial charge is 0.324 e. The van der Waals surface area contributed by atoms with Crippen LogP contribution in [0.4, 0.5) is 11.4 Å². The van der Waals surface area contributed by atoms with Gasteiger partial charge in [-0.3, -0.25) is 21.1 Å². The van der Waals surface area contributed by atoms with Gasteiger partial charge in [-0.05, 0) is 12.1 Å². The molecule has 0 aliphatic heterocycles. The van der Waals surface area contributed by atoms with Gasteiger partial charge in [-0.15, -0.1) is 0 Å². The summed E-state index contributed by atoms with van der Waals surface area (Å²) in [6, 6.07) is 3.44. The number of anilines is 1. The number of rotatable bonds is 6. The Morgan fingerprint density at radius 1 is 1.43 bits per heavy atom.